The Kier molecular flexibility index (Phi) is 6.91. The van der Waals surface area contributed by atoms with Gasteiger partial charge < -0.3 is 15.7 Å². The van der Waals surface area contributed by atoms with Crippen LogP contribution in [-0.2, 0) is 16.0 Å². The van der Waals surface area contributed by atoms with E-state index in [4.69, 9.17) is 5.11 Å². The molecule has 0 aliphatic carbocycles. The van der Waals surface area contributed by atoms with Crippen molar-refractivity contribution in [1.29, 1.82) is 0 Å². The highest BCUT2D eigenvalue weighted by Crippen LogP contribution is 2.06. The molecular weight excluding hydrogens is 332 g/mol. The second kappa shape index (κ2) is 9.36. The van der Waals surface area contributed by atoms with Crippen molar-refractivity contribution in [2.75, 3.05) is 6.54 Å². The summed E-state index contributed by atoms with van der Waals surface area (Å²) in [6.07, 6.45) is 0.312. The maximum atomic E-state index is 12.5. The van der Waals surface area contributed by atoms with Crippen LogP contribution in [0.5, 0.6) is 0 Å². The number of carboxylic acids is 1. The van der Waals surface area contributed by atoms with Crippen molar-refractivity contribution in [3.63, 3.8) is 0 Å². The highest BCUT2D eigenvalue weighted by atomic mass is 16.4. The van der Waals surface area contributed by atoms with Gasteiger partial charge in [-0.3, -0.25) is 14.4 Å². The normalized spacial score (nSPS) is 12.7. The first-order valence-electron chi connectivity index (χ1n) is 8.37. The predicted molar refractivity (Wildman–Crippen MR) is 97.7 cm³/mol. The Hall–Kier alpha value is -3.15. The van der Waals surface area contributed by atoms with E-state index in [1.807, 2.05) is 30.3 Å². The van der Waals surface area contributed by atoms with Gasteiger partial charge in [0.1, 0.15) is 6.04 Å². The van der Waals surface area contributed by atoms with Crippen molar-refractivity contribution in [2.45, 2.75) is 19.4 Å². The van der Waals surface area contributed by atoms with E-state index in [9.17, 15) is 14.4 Å². The van der Waals surface area contributed by atoms with Gasteiger partial charge >= 0.3 is 5.97 Å². The lowest BCUT2D eigenvalue weighted by Gasteiger charge is -2.19. The van der Waals surface area contributed by atoms with E-state index in [1.54, 1.807) is 30.3 Å². The molecule has 0 saturated carbocycles. The number of hydrogen-bond acceptors (Lipinski definition) is 3. The summed E-state index contributed by atoms with van der Waals surface area (Å²) in [5.41, 5.74) is 1.35. The molecule has 0 aromatic heterocycles. The van der Waals surface area contributed by atoms with E-state index in [0.29, 0.717) is 12.0 Å². The van der Waals surface area contributed by atoms with Crippen LogP contribution in [0.2, 0.25) is 0 Å². The summed E-state index contributed by atoms with van der Waals surface area (Å²) in [5, 5.41) is 14.3. The van der Waals surface area contributed by atoms with Gasteiger partial charge in [0, 0.05) is 18.5 Å². The van der Waals surface area contributed by atoms with Crippen molar-refractivity contribution >= 4 is 17.8 Å². The number of hydrogen-bond donors (Lipinski definition) is 3. The van der Waals surface area contributed by atoms with Gasteiger partial charge in [-0.25, -0.2) is 0 Å². The van der Waals surface area contributed by atoms with Crippen molar-refractivity contribution in [2.24, 2.45) is 5.92 Å². The molecule has 0 radical (unpaired) electrons. The Balaban J connectivity index is 2.09. The zero-order valence-electron chi connectivity index (χ0n) is 14.5. The molecule has 2 unspecified atom stereocenters. The van der Waals surface area contributed by atoms with Gasteiger partial charge in [-0.05, 0) is 17.7 Å². The molecule has 0 saturated heterocycles. The zero-order valence-corrected chi connectivity index (χ0v) is 14.5. The fourth-order valence-electron chi connectivity index (χ4n) is 2.35. The second-order valence-electron chi connectivity index (χ2n) is 6.07. The Morgan fingerprint density at radius 3 is 2.12 bits per heavy atom. The predicted octanol–water partition coefficient (Wildman–Crippen LogP) is 1.86. The molecule has 6 nitrogen and oxygen atoms in total. The van der Waals surface area contributed by atoms with E-state index < -0.39 is 23.8 Å². The van der Waals surface area contributed by atoms with Gasteiger partial charge in [-0.15, -0.1) is 0 Å². The summed E-state index contributed by atoms with van der Waals surface area (Å²) in [6.45, 7) is 1.51. The molecule has 6 heteroatoms. The SMILES string of the molecule is CC(CNC(=O)C(Cc1ccccc1)NC(=O)c1ccccc1)C(=O)O. The third-order valence-electron chi connectivity index (χ3n) is 3.94. The van der Waals surface area contributed by atoms with Crippen LogP contribution < -0.4 is 10.6 Å². The number of carbonyl (C=O) groups is 3. The highest BCUT2D eigenvalue weighted by molar-refractivity contribution is 5.97. The standard InChI is InChI=1S/C20H22N2O4/c1-14(20(25)26)13-21-19(24)17(12-15-8-4-2-5-9-15)22-18(23)16-10-6-3-7-11-16/h2-11,14,17H,12-13H2,1H3,(H,21,24)(H,22,23)(H,25,26). The van der Waals surface area contributed by atoms with Crippen LogP contribution in [-0.4, -0.2) is 35.5 Å². The number of carboxylic acid groups (broad SMARTS) is 1. The molecule has 2 aromatic carbocycles. The molecule has 0 spiro atoms. The molecule has 0 bridgehead atoms. The summed E-state index contributed by atoms with van der Waals surface area (Å²) < 4.78 is 0. The van der Waals surface area contributed by atoms with Gasteiger partial charge in [0.25, 0.3) is 5.91 Å². The summed E-state index contributed by atoms with van der Waals surface area (Å²) in [7, 11) is 0. The first kappa shape index (κ1) is 19.2. The summed E-state index contributed by atoms with van der Waals surface area (Å²) in [5.74, 6) is -2.46. The van der Waals surface area contributed by atoms with Crippen LogP contribution in [0.25, 0.3) is 0 Å². The molecular formula is C20H22N2O4. The lowest BCUT2D eigenvalue weighted by atomic mass is 10.0. The molecule has 2 rings (SSSR count). The topological polar surface area (TPSA) is 95.5 Å². The molecule has 0 heterocycles. The third-order valence-corrected chi connectivity index (χ3v) is 3.94. The van der Waals surface area contributed by atoms with E-state index in [1.165, 1.54) is 6.92 Å². The summed E-state index contributed by atoms with van der Waals surface area (Å²) in [4.78, 5) is 35.8. The molecule has 0 aliphatic heterocycles. The van der Waals surface area contributed by atoms with Crippen molar-refractivity contribution in [3.05, 3.63) is 71.8 Å². The maximum absolute atomic E-state index is 12.5. The average molecular weight is 354 g/mol. The monoisotopic (exact) mass is 354 g/mol. The number of amides is 2. The van der Waals surface area contributed by atoms with E-state index in [-0.39, 0.29) is 12.5 Å². The van der Waals surface area contributed by atoms with E-state index >= 15 is 0 Å². The first-order valence-corrected chi connectivity index (χ1v) is 8.37. The van der Waals surface area contributed by atoms with Crippen LogP contribution in [0.15, 0.2) is 60.7 Å². The smallest absolute Gasteiger partial charge is 0.308 e. The Bertz CT molecular complexity index is 747. The zero-order chi connectivity index (χ0) is 18.9. The van der Waals surface area contributed by atoms with Gasteiger partial charge in [-0.1, -0.05) is 55.5 Å². The minimum absolute atomic E-state index is 0.000659. The van der Waals surface area contributed by atoms with Crippen molar-refractivity contribution < 1.29 is 19.5 Å². The highest BCUT2D eigenvalue weighted by Gasteiger charge is 2.23. The molecule has 0 fully saturated rings. The van der Waals surface area contributed by atoms with Crippen LogP contribution in [0.1, 0.15) is 22.8 Å². The maximum Gasteiger partial charge on any atom is 0.308 e. The van der Waals surface area contributed by atoms with E-state index in [0.717, 1.165) is 5.56 Å². The molecule has 2 atom stereocenters. The molecule has 2 amide bonds. The average Bonchev–Trinajstić information content (AvgIpc) is 2.66. The third kappa shape index (κ3) is 5.73. The Labute approximate surface area is 152 Å². The molecule has 3 N–H and O–H groups in total. The second-order valence-corrected chi connectivity index (χ2v) is 6.07. The Morgan fingerprint density at radius 1 is 0.962 bits per heavy atom. The summed E-state index contributed by atoms with van der Waals surface area (Å²) >= 11 is 0. The number of benzene rings is 2. The quantitative estimate of drug-likeness (QED) is 0.674. The lowest BCUT2D eigenvalue weighted by Crippen LogP contribution is -2.49. The van der Waals surface area contributed by atoms with Crippen LogP contribution in [0, 0.1) is 5.92 Å². The number of carbonyl (C=O) groups excluding carboxylic acids is 2. The van der Waals surface area contributed by atoms with Gasteiger partial charge in [0.2, 0.25) is 5.91 Å². The van der Waals surface area contributed by atoms with Crippen LogP contribution >= 0.6 is 0 Å². The van der Waals surface area contributed by atoms with E-state index in [2.05, 4.69) is 10.6 Å². The number of rotatable bonds is 8. The minimum atomic E-state index is -0.988. The fourth-order valence-corrected chi connectivity index (χ4v) is 2.35. The number of aliphatic carboxylic acids is 1. The molecule has 2 aromatic rings. The van der Waals surface area contributed by atoms with Crippen molar-refractivity contribution in [1.82, 2.24) is 10.6 Å². The van der Waals surface area contributed by atoms with Crippen LogP contribution in [0.4, 0.5) is 0 Å². The fraction of sp³-hybridized carbons (Fsp3) is 0.250. The molecule has 0 aliphatic rings. The molecule has 26 heavy (non-hydrogen) atoms. The number of nitrogens with one attached hydrogen (secondary N) is 2. The van der Waals surface area contributed by atoms with Gasteiger partial charge in [-0.2, -0.15) is 0 Å². The largest absolute Gasteiger partial charge is 0.481 e. The van der Waals surface area contributed by atoms with Gasteiger partial charge in [0.15, 0.2) is 0 Å². The lowest BCUT2D eigenvalue weighted by molar-refractivity contribution is -0.141. The summed E-state index contributed by atoms with van der Waals surface area (Å²) in [6, 6.07) is 17.2. The van der Waals surface area contributed by atoms with Crippen LogP contribution in [0.3, 0.4) is 0 Å². The van der Waals surface area contributed by atoms with Gasteiger partial charge in [0.05, 0.1) is 5.92 Å². The molecule has 136 valence electrons. The minimum Gasteiger partial charge on any atom is -0.481 e. The Morgan fingerprint density at radius 2 is 1.54 bits per heavy atom. The first-order chi connectivity index (χ1) is 12.5. The van der Waals surface area contributed by atoms with Crippen molar-refractivity contribution in [3.8, 4) is 0 Å².